The predicted octanol–water partition coefficient (Wildman–Crippen LogP) is 2.53. The van der Waals surface area contributed by atoms with Gasteiger partial charge in [-0.25, -0.2) is 4.98 Å². The van der Waals surface area contributed by atoms with Gasteiger partial charge in [0.05, 0.1) is 0 Å². The molecule has 1 aromatic heterocycles. The van der Waals surface area contributed by atoms with Crippen molar-refractivity contribution in [3.05, 3.63) is 12.3 Å². The van der Waals surface area contributed by atoms with Gasteiger partial charge in [-0.05, 0) is 25.3 Å². The van der Waals surface area contributed by atoms with E-state index in [1.807, 2.05) is 6.07 Å². The minimum atomic E-state index is 0.684. The average Bonchev–Trinajstić information content (AvgIpc) is 2.41. The van der Waals surface area contributed by atoms with Crippen LogP contribution in [0.15, 0.2) is 12.3 Å². The van der Waals surface area contributed by atoms with Gasteiger partial charge in [-0.1, -0.05) is 13.8 Å². The van der Waals surface area contributed by atoms with Gasteiger partial charge in [0.25, 0.3) is 0 Å². The van der Waals surface area contributed by atoms with Crippen molar-refractivity contribution in [3.63, 3.8) is 0 Å². The van der Waals surface area contributed by atoms with Crippen LogP contribution in [0.3, 0.4) is 0 Å². The summed E-state index contributed by atoms with van der Waals surface area (Å²) in [7, 11) is 0. The van der Waals surface area contributed by atoms with Gasteiger partial charge in [0.2, 0.25) is 5.95 Å². The molecular weight excluding hydrogens is 228 g/mol. The molecule has 0 unspecified atom stereocenters. The van der Waals surface area contributed by atoms with Crippen LogP contribution in [0.25, 0.3) is 0 Å². The minimum absolute atomic E-state index is 0.684. The van der Waals surface area contributed by atoms with Gasteiger partial charge in [0.1, 0.15) is 5.82 Å². The molecule has 0 bridgehead atoms. The molecular formula is C13H24N4O. The second-order valence-electron chi connectivity index (χ2n) is 4.08. The molecule has 0 radical (unpaired) electrons. The highest BCUT2D eigenvalue weighted by molar-refractivity contribution is 5.39. The van der Waals surface area contributed by atoms with Crippen molar-refractivity contribution in [2.24, 2.45) is 0 Å². The second-order valence-corrected chi connectivity index (χ2v) is 4.08. The van der Waals surface area contributed by atoms with E-state index in [1.54, 1.807) is 6.20 Å². The van der Waals surface area contributed by atoms with E-state index in [4.69, 9.17) is 4.74 Å². The van der Waals surface area contributed by atoms with Crippen molar-refractivity contribution in [3.8, 4) is 0 Å². The molecule has 5 nitrogen and oxygen atoms in total. The maximum atomic E-state index is 5.41. The number of ether oxygens (including phenoxy) is 1. The number of hydrogen-bond acceptors (Lipinski definition) is 5. The zero-order valence-corrected chi connectivity index (χ0v) is 11.4. The molecule has 5 heteroatoms. The topological polar surface area (TPSA) is 59.1 Å². The Morgan fingerprint density at radius 3 is 2.78 bits per heavy atom. The van der Waals surface area contributed by atoms with E-state index in [1.165, 1.54) is 0 Å². The molecule has 0 fully saturated rings. The van der Waals surface area contributed by atoms with Crippen LogP contribution in [0.2, 0.25) is 0 Å². The number of rotatable bonds is 10. The first-order valence-corrected chi connectivity index (χ1v) is 6.75. The minimum Gasteiger partial charge on any atom is -0.381 e. The number of anilines is 2. The first-order chi connectivity index (χ1) is 8.86. The van der Waals surface area contributed by atoms with E-state index in [0.29, 0.717) is 5.95 Å². The lowest BCUT2D eigenvalue weighted by molar-refractivity contribution is 0.134. The Hall–Kier alpha value is -1.36. The second kappa shape index (κ2) is 9.65. The lowest BCUT2D eigenvalue weighted by atomic mass is 10.4. The van der Waals surface area contributed by atoms with Gasteiger partial charge in [-0.15, -0.1) is 0 Å². The summed E-state index contributed by atoms with van der Waals surface area (Å²) in [4.78, 5) is 8.53. The molecule has 1 aromatic rings. The Kier molecular flexibility index (Phi) is 7.88. The Morgan fingerprint density at radius 2 is 2.00 bits per heavy atom. The summed E-state index contributed by atoms with van der Waals surface area (Å²) >= 11 is 0. The first-order valence-electron chi connectivity index (χ1n) is 6.75. The van der Waals surface area contributed by atoms with Crippen LogP contribution in [0.5, 0.6) is 0 Å². The predicted molar refractivity (Wildman–Crippen MR) is 75.0 cm³/mol. The molecule has 0 aromatic carbocycles. The molecule has 1 rings (SSSR count). The fourth-order valence-corrected chi connectivity index (χ4v) is 1.42. The van der Waals surface area contributed by atoms with Gasteiger partial charge in [-0.2, -0.15) is 4.98 Å². The zero-order chi connectivity index (χ0) is 13.1. The highest BCUT2D eigenvalue weighted by Gasteiger charge is 1.97. The van der Waals surface area contributed by atoms with Crippen LogP contribution in [0.1, 0.15) is 33.1 Å². The van der Waals surface area contributed by atoms with Crippen LogP contribution >= 0.6 is 0 Å². The summed E-state index contributed by atoms with van der Waals surface area (Å²) in [5.41, 5.74) is 0. The van der Waals surface area contributed by atoms with E-state index in [-0.39, 0.29) is 0 Å². The van der Waals surface area contributed by atoms with E-state index in [0.717, 1.165) is 51.4 Å². The van der Waals surface area contributed by atoms with E-state index < -0.39 is 0 Å². The molecule has 18 heavy (non-hydrogen) atoms. The lowest BCUT2D eigenvalue weighted by Crippen LogP contribution is -2.09. The van der Waals surface area contributed by atoms with Crippen molar-refractivity contribution in [2.45, 2.75) is 33.1 Å². The Bertz CT molecular complexity index is 320. The largest absolute Gasteiger partial charge is 0.381 e. The number of aromatic nitrogens is 2. The van der Waals surface area contributed by atoms with Crippen LogP contribution < -0.4 is 10.6 Å². The molecule has 0 aliphatic carbocycles. The molecule has 0 saturated carbocycles. The van der Waals surface area contributed by atoms with Gasteiger partial charge in [0, 0.05) is 32.5 Å². The van der Waals surface area contributed by atoms with E-state index >= 15 is 0 Å². The number of hydrogen-bond donors (Lipinski definition) is 2. The smallest absolute Gasteiger partial charge is 0.224 e. The summed E-state index contributed by atoms with van der Waals surface area (Å²) in [6, 6.07) is 1.88. The molecule has 2 N–H and O–H groups in total. The van der Waals surface area contributed by atoms with Crippen LogP contribution in [-0.4, -0.2) is 36.3 Å². The summed E-state index contributed by atoms with van der Waals surface area (Å²) in [6.07, 6.45) is 4.89. The van der Waals surface area contributed by atoms with Gasteiger partial charge in [-0.3, -0.25) is 0 Å². The van der Waals surface area contributed by atoms with Crippen LogP contribution in [0.4, 0.5) is 11.8 Å². The molecule has 0 amide bonds. The summed E-state index contributed by atoms with van der Waals surface area (Å²) in [5, 5.41) is 6.43. The maximum Gasteiger partial charge on any atom is 0.224 e. The standard InChI is InChI=1S/C13H24N4O/c1-3-7-15-13-16-9-6-12(17-13)14-8-5-11-18-10-4-2/h6,9H,3-5,7-8,10-11H2,1-2H3,(H2,14,15,16,17). The van der Waals surface area contributed by atoms with Crippen molar-refractivity contribution in [1.82, 2.24) is 9.97 Å². The molecule has 0 spiro atoms. The van der Waals surface area contributed by atoms with Crippen molar-refractivity contribution in [1.29, 1.82) is 0 Å². The third-order valence-electron chi connectivity index (χ3n) is 2.31. The van der Waals surface area contributed by atoms with E-state index in [2.05, 4.69) is 34.4 Å². The first kappa shape index (κ1) is 14.7. The highest BCUT2D eigenvalue weighted by Crippen LogP contribution is 2.05. The fourth-order valence-electron chi connectivity index (χ4n) is 1.42. The molecule has 0 aliphatic heterocycles. The summed E-state index contributed by atoms with van der Waals surface area (Å²) in [6.45, 7) is 7.64. The zero-order valence-electron chi connectivity index (χ0n) is 11.4. The molecule has 1 heterocycles. The Morgan fingerprint density at radius 1 is 1.11 bits per heavy atom. The Labute approximate surface area is 109 Å². The monoisotopic (exact) mass is 252 g/mol. The molecule has 0 saturated heterocycles. The lowest BCUT2D eigenvalue weighted by Gasteiger charge is -2.08. The SMILES string of the molecule is CCCNc1nccc(NCCCOCCC)n1. The quantitative estimate of drug-likeness (QED) is 0.627. The van der Waals surface area contributed by atoms with Crippen molar-refractivity contribution in [2.75, 3.05) is 36.9 Å². The molecule has 0 aliphatic rings. The van der Waals surface area contributed by atoms with Crippen molar-refractivity contribution >= 4 is 11.8 Å². The summed E-state index contributed by atoms with van der Waals surface area (Å²) in [5.74, 6) is 1.54. The van der Waals surface area contributed by atoms with Crippen LogP contribution in [0, 0.1) is 0 Å². The average molecular weight is 252 g/mol. The van der Waals surface area contributed by atoms with Crippen molar-refractivity contribution < 1.29 is 4.74 Å². The number of nitrogens with one attached hydrogen (secondary N) is 2. The van der Waals surface area contributed by atoms with Gasteiger partial charge < -0.3 is 15.4 Å². The third-order valence-corrected chi connectivity index (χ3v) is 2.31. The highest BCUT2D eigenvalue weighted by atomic mass is 16.5. The van der Waals surface area contributed by atoms with Crippen LogP contribution in [-0.2, 0) is 4.74 Å². The molecule has 0 atom stereocenters. The summed E-state index contributed by atoms with van der Waals surface area (Å²) < 4.78 is 5.41. The normalized spacial score (nSPS) is 10.3. The molecule has 102 valence electrons. The number of nitrogens with zero attached hydrogens (tertiary/aromatic N) is 2. The van der Waals surface area contributed by atoms with E-state index in [9.17, 15) is 0 Å². The van der Waals surface area contributed by atoms with Gasteiger partial charge >= 0.3 is 0 Å². The third kappa shape index (κ3) is 6.39. The van der Waals surface area contributed by atoms with Gasteiger partial charge in [0.15, 0.2) is 0 Å². The maximum absolute atomic E-state index is 5.41. The fraction of sp³-hybridized carbons (Fsp3) is 0.692. The Balaban J connectivity index is 2.20.